The lowest BCUT2D eigenvalue weighted by Crippen LogP contribution is -2.61. The van der Waals surface area contributed by atoms with Crippen LogP contribution in [-0.4, -0.2) is 30.1 Å². The molecule has 1 saturated carbocycles. The first-order valence-corrected chi connectivity index (χ1v) is 8.70. The number of benzene rings is 1. The minimum atomic E-state index is 0.428. The third-order valence-electron chi connectivity index (χ3n) is 5.06. The molecule has 2 nitrogen and oxygen atoms in total. The van der Waals surface area contributed by atoms with E-state index in [0.29, 0.717) is 5.54 Å². The van der Waals surface area contributed by atoms with Gasteiger partial charge in [-0.25, -0.2) is 0 Å². The summed E-state index contributed by atoms with van der Waals surface area (Å²) in [4.78, 5) is 2.76. The van der Waals surface area contributed by atoms with E-state index < -0.39 is 0 Å². The van der Waals surface area contributed by atoms with Crippen LogP contribution in [0.1, 0.15) is 43.2 Å². The van der Waals surface area contributed by atoms with E-state index >= 15 is 0 Å². The zero-order valence-corrected chi connectivity index (χ0v) is 14.0. The highest BCUT2D eigenvalue weighted by Gasteiger charge is 2.39. The van der Waals surface area contributed by atoms with Crippen LogP contribution in [-0.2, 0) is 6.54 Å². The minimum absolute atomic E-state index is 0.428. The lowest BCUT2D eigenvalue weighted by atomic mass is 9.79. The van der Waals surface area contributed by atoms with Gasteiger partial charge in [-0.1, -0.05) is 47.3 Å². The Kier molecular flexibility index (Phi) is 4.49. The number of rotatable bonds is 2. The first-order valence-electron chi connectivity index (χ1n) is 7.90. The van der Waals surface area contributed by atoms with Crippen molar-refractivity contribution in [3.05, 3.63) is 33.8 Å². The van der Waals surface area contributed by atoms with Crippen LogP contribution in [0, 0.1) is 6.92 Å². The molecule has 0 unspecified atom stereocenters. The Bertz CT molecular complexity index is 458. The molecule has 0 radical (unpaired) electrons. The van der Waals surface area contributed by atoms with Gasteiger partial charge < -0.3 is 5.32 Å². The number of aryl methyl sites for hydroxylation is 1. The molecule has 2 fully saturated rings. The third-order valence-corrected chi connectivity index (χ3v) is 5.95. The van der Waals surface area contributed by atoms with Crippen LogP contribution in [0.25, 0.3) is 0 Å². The number of nitrogens with zero attached hydrogens (tertiary/aromatic N) is 1. The molecule has 1 aliphatic heterocycles. The van der Waals surface area contributed by atoms with Gasteiger partial charge in [0, 0.05) is 36.2 Å². The Labute approximate surface area is 131 Å². The smallest absolute Gasteiger partial charge is 0.0338 e. The fraction of sp³-hybridized carbons (Fsp3) is 0.647. The molecule has 20 heavy (non-hydrogen) atoms. The maximum atomic E-state index is 3.63. The molecule has 1 aliphatic carbocycles. The molecule has 110 valence electrons. The number of nitrogens with one attached hydrogen (secondary N) is 1. The van der Waals surface area contributed by atoms with Crippen molar-refractivity contribution in [3.8, 4) is 0 Å². The van der Waals surface area contributed by atoms with Crippen LogP contribution in [0.2, 0.25) is 0 Å². The lowest BCUT2D eigenvalue weighted by molar-refractivity contribution is 0.0209. The minimum Gasteiger partial charge on any atom is -0.314 e. The standard InChI is InChI=1S/C17H25BrN2/c1-14-11-15(5-6-16(14)18)12-20-10-9-19-13-17(20)7-3-2-4-8-17/h5-6,11,19H,2-4,7-10,12-13H2,1H3. The highest BCUT2D eigenvalue weighted by Crippen LogP contribution is 2.35. The van der Waals surface area contributed by atoms with Gasteiger partial charge in [-0.15, -0.1) is 0 Å². The quantitative estimate of drug-likeness (QED) is 0.881. The van der Waals surface area contributed by atoms with Crippen LogP contribution in [0.3, 0.4) is 0 Å². The fourth-order valence-electron chi connectivity index (χ4n) is 3.86. The molecule has 1 heterocycles. The predicted molar refractivity (Wildman–Crippen MR) is 88.0 cm³/mol. The maximum Gasteiger partial charge on any atom is 0.0338 e. The second kappa shape index (κ2) is 6.17. The van der Waals surface area contributed by atoms with Crippen molar-refractivity contribution in [3.63, 3.8) is 0 Å². The zero-order chi connectivity index (χ0) is 14.0. The normalized spacial score (nSPS) is 23.1. The van der Waals surface area contributed by atoms with Crippen LogP contribution in [0.5, 0.6) is 0 Å². The van der Waals surface area contributed by atoms with Crippen LogP contribution >= 0.6 is 15.9 Å². The van der Waals surface area contributed by atoms with Gasteiger partial charge in [0.1, 0.15) is 0 Å². The van der Waals surface area contributed by atoms with E-state index in [-0.39, 0.29) is 0 Å². The summed E-state index contributed by atoms with van der Waals surface area (Å²) in [5, 5.41) is 3.63. The van der Waals surface area contributed by atoms with Gasteiger partial charge in [-0.2, -0.15) is 0 Å². The van der Waals surface area contributed by atoms with E-state index in [9.17, 15) is 0 Å². The molecule has 1 saturated heterocycles. The van der Waals surface area contributed by atoms with Gasteiger partial charge in [0.2, 0.25) is 0 Å². The lowest BCUT2D eigenvalue weighted by Gasteiger charge is -2.50. The molecule has 2 aliphatic rings. The molecule has 1 N–H and O–H groups in total. The van der Waals surface area contributed by atoms with Crippen molar-refractivity contribution in [2.75, 3.05) is 19.6 Å². The summed E-state index contributed by atoms with van der Waals surface area (Å²) in [6, 6.07) is 6.80. The number of halogens is 1. The van der Waals surface area contributed by atoms with Gasteiger partial charge in [-0.05, 0) is 37.0 Å². The first kappa shape index (κ1) is 14.6. The van der Waals surface area contributed by atoms with E-state index in [2.05, 4.69) is 51.3 Å². The maximum absolute atomic E-state index is 3.63. The van der Waals surface area contributed by atoms with Crippen molar-refractivity contribution < 1.29 is 0 Å². The molecule has 0 aromatic heterocycles. The van der Waals surface area contributed by atoms with E-state index in [1.165, 1.54) is 60.8 Å². The average molecular weight is 337 g/mol. The SMILES string of the molecule is Cc1cc(CN2CCNCC23CCCCC3)ccc1Br. The summed E-state index contributed by atoms with van der Waals surface area (Å²) in [5.74, 6) is 0. The van der Waals surface area contributed by atoms with Crippen molar-refractivity contribution in [1.82, 2.24) is 10.2 Å². The Balaban J connectivity index is 1.77. The summed E-state index contributed by atoms with van der Waals surface area (Å²) >= 11 is 3.60. The zero-order valence-electron chi connectivity index (χ0n) is 12.4. The monoisotopic (exact) mass is 336 g/mol. The summed E-state index contributed by atoms with van der Waals surface area (Å²) in [6.07, 6.45) is 6.97. The predicted octanol–water partition coefficient (Wildman–Crippen LogP) is 3.87. The van der Waals surface area contributed by atoms with Crippen molar-refractivity contribution in [2.24, 2.45) is 0 Å². The van der Waals surface area contributed by atoms with Crippen LogP contribution in [0.4, 0.5) is 0 Å². The van der Waals surface area contributed by atoms with Crippen molar-refractivity contribution in [1.29, 1.82) is 0 Å². The molecule has 0 amide bonds. The summed E-state index contributed by atoms with van der Waals surface area (Å²) in [7, 11) is 0. The van der Waals surface area contributed by atoms with E-state index in [1.54, 1.807) is 0 Å². The van der Waals surface area contributed by atoms with Gasteiger partial charge in [0.25, 0.3) is 0 Å². The topological polar surface area (TPSA) is 15.3 Å². The molecule has 0 bridgehead atoms. The average Bonchev–Trinajstić information content (AvgIpc) is 2.47. The molecule has 3 rings (SSSR count). The van der Waals surface area contributed by atoms with Crippen LogP contribution in [0.15, 0.2) is 22.7 Å². The van der Waals surface area contributed by atoms with Gasteiger partial charge in [-0.3, -0.25) is 4.90 Å². The second-order valence-electron chi connectivity index (χ2n) is 6.47. The molecule has 1 aromatic rings. The van der Waals surface area contributed by atoms with Crippen LogP contribution < -0.4 is 5.32 Å². The molecule has 0 atom stereocenters. The van der Waals surface area contributed by atoms with Crippen molar-refractivity contribution in [2.45, 2.75) is 51.1 Å². The second-order valence-corrected chi connectivity index (χ2v) is 7.32. The van der Waals surface area contributed by atoms with E-state index in [4.69, 9.17) is 0 Å². The summed E-state index contributed by atoms with van der Waals surface area (Å²) < 4.78 is 1.22. The molecule has 3 heteroatoms. The fourth-order valence-corrected chi connectivity index (χ4v) is 4.11. The molecular weight excluding hydrogens is 312 g/mol. The third kappa shape index (κ3) is 2.95. The molecule has 1 spiro atoms. The first-order chi connectivity index (χ1) is 9.70. The van der Waals surface area contributed by atoms with E-state index in [0.717, 1.165) is 13.1 Å². The number of piperazine rings is 1. The largest absolute Gasteiger partial charge is 0.314 e. The Morgan fingerprint density at radius 1 is 1.25 bits per heavy atom. The Morgan fingerprint density at radius 3 is 2.80 bits per heavy atom. The molecule has 1 aromatic carbocycles. The number of hydrogen-bond donors (Lipinski definition) is 1. The molecular formula is C17H25BrN2. The van der Waals surface area contributed by atoms with E-state index in [1.807, 2.05) is 0 Å². The highest BCUT2D eigenvalue weighted by atomic mass is 79.9. The number of hydrogen-bond acceptors (Lipinski definition) is 2. The van der Waals surface area contributed by atoms with Gasteiger partial charge in [0.05, 0.1) is 0 Å². The Morgan fingerprint density at radius 2 is 2.05 bits per heavy atom. The van der Waals surface area contributed by atoms with Gasteiger partial charge >= 0.3 is 0 Å². The summed E-state index contributed by atoms with van der Waals surface area (Å²) in [6.45, 7) is 6.80. The highest BCUT2D eigenvalue weighted by molar-refractivity contribution is 9.10. The Hall–Kier alpha value is -0.380. The van der Waals surface area contributed by atoms with Crippen molar-refractivity contribution >= 4 is 15.9 Å². The van der Waals surface area contributed by atoms with Gasteiger partial charge in [0.15, 0.2) is 0 Å². The summed E-state index contributed by atoms with van der Waals surface area (Å²) in [5.41, 5.74) is 3.23.